The van der Waals surface area contributed by atoms with Gasteiger partial charge in [-0.15, -0.1) is 0 Å². The molecule has 5 nitrogen and oxygen atoms in total. The zero-order valence-electron chi connectivity index (χ0n) is 12.8. The smallest absolute Gasteiger partial charge is 0.257 e. The van der Waals surface area contributed by atoms with Crippen LogP contribution in [0.15, 0.2) is 18.2 Å². The third kappa shape index (κ3) is 3.88. The van der Waals surface area contributed by atoms with Gasteiger partial charge in [-0.05, 0) is 37.8 Å². The first-order valence-electron chi connectivity index (χ1n) is 7.48. The minimum atomic E-state index is -0.0590. The van der Waals surface area contributed by atoms with Crippen molar-refractivity contribution in [2.24, 2.45) is 5.92 Å². The average molecular weight is 292 g/mol. The predicted octanol–water partition coefficient (Wildman–Crippen LogP) is 2.17. The van der Waals surface area contributed by atoms with Gasteiger partial charge in [-0.2, -0.15) is 0 Å². The SMILES string of the molecule is CCOc1c(N)cccc1C(=O)N(C)CC1CCCOC1. The second kappa shape index (κ2) is 7.31. The van der Waals surface area contributed by atoms with Crippen LogP contribution in [0.4, 0.5) is 5.69 Å². The Balaban J connectivity index is 2.09. The fourth-order valence-corrected chi connectivity index (χ4v) is 2.66. The first kappa shape index (κ1) is 15.6. The number of nitrogens with two attached hydrogens (primary N) is 1. The standard InChI is InChI=1S/C16H24N2O3/c1-3-21-15-13(7-4-8-14(15)17)16(19)18(2)10-12-6-5-9-20-11-12/h4,7-8,12H,3,5-6,9-11,17H2,1-2H3. The number of carbonyl (C=O) groups is 1. The van der Waals surface area contributed by atoms with Crippen LogP contribution in [-0.2, 0) is 4.74 Å². The van der Waals surface area contributed by atoms with Crippen molar-refractivity contribution >= 4 is 11.6 Å². The maximum Gasteiger partial charge on any atom is 0.257 e. The number of amides is 1. The molecule has 0 bridgehead atoms. The van der Waals surface area contributed by atoms with Crippen LogP contribution in [0.2, 0.25) is 0 Å². The summed E-state index contributed by atoms with van der Waals surface area (Å²) in [4.78, 5) is 14.3. The molecule has 21 heavy (non-hydrogen) atoms. The van der Waals surface area contributed by atoms with Gasteiger partial charge >= 0.3 is 0 Å². The highest BCUT2D eigenvalue weighted by molar-refractivity contribution is 5.98. The van der Waals surface area contributed by atoms with E-state index in [-0.39, 0.29) is 5.91 Å². The van der Waals surface area contributed by atoms with Crippen molar-refractivity contribution in [2.45, 2.75) is 19.8 Å². The Bertz CT molecular complexity index is 484. The quantitative estimate of drug-likeness (QED) is 0.845. The Morgan fingerprint density at radius 2 is 2.33 bits per heavy atom. The van der Waals surface area contributed by atoms with Gasteiger partial charge in [0.15, 0.2) is 5.75 Å². The van der Waals surface area contributed by atoms with E-state index in [1.807, 2.05) is 14.0 Å². The number of rotatable bonds is 5. The van der Waals surface area contributed by atoms with E-state index in [1.165, 1.54) is 0 Å². The van der Waals surface area contributed by atoms with Gasteiger partial charge in [0, 0.05) is 20.2 Å². The van der Waals surface area contributed by atoms with E-state index in [0.29, 0.717) is 36.1 Å². The highest BCUT2D eigenvalue weighted by atomic mass is 16.5. The maximum absolute atomic E-state index is 12.6. The summed E-state index contributed by atoms with van der Waals surface area (Å²) in [5.74, 6) is 0.831. The van der Waals surface area contributed by atoms with Crippen LogP contribution in [0, 0.1) is 5.92 Å². The van der Waals surface area contributed by atoms with Gasteiger partial charge in [0.05, 0.1) is 24.5 Å². The molecule has 1 amide bonds. The zero-order valence-corrected chi connectivity index (χ0v) is 12.8. The van der Waals surface area contributed by atoms with Crippen molar-refractivity contribution in [3.8, 4) is 5.75 Å². The van der Waals surface area contributed by atoms with Gasteiger partial charge in [0.1, 0.15) is 0 Å². The lowest BCUT2D eigenvalue weighted by Gasteiger charge is -2.27. The molecule has 0 aromatic heterocycles. The van der Waals surface area contributed by atoms with Crippen molar-refractivity contribution in [1.82, 2.24) is 4.90 Å². The van der Waals surface area contributed by atoms with E-state index in [1.54, 1.807) is 23.1 Å². The van der Waals surface area contributed by atoms with Crippen LogP contribution in [0.25, 0.3) is 0 Å². The van der Waals surface area contributed by atoms with Crippen LogP contribution in [-0.4, -0.2) is 44.2 Å². The second-order valence-corrected chi connectivity index (χ2v) is 5.43. The molecule has 1 fully saturated rings. The number of hydrogen-bond donors (Lipinski definition) is 1. The van der Waals surface area contributed by atoms with E-state index in [4.69, 9.17) is 15.2 Å². The van der Waals surface area contributed by atoms with Gasteiger partial charge in [-0.3, -0.25) is 4.79 Å². The molecule has 1 aromatic rings. The molecule has 1 saturated heterocycles. The van der Waals surface area contributed by atoms with E-state index >= 15 is 0 Å². The van der Waals surface area contributed by atoms with Gasteiger partial charge in [-0.1, -0.05) is 6.07 Å². The Morgan fingerprint density at radius 1 is 1.52 bits per heavy atom. The molecule has 1 atom stereocenters. The van der Waals surface area contributed by atoms with Gasteiger partial charge in [-0.25, -0.2) is 0 Å². The number of nitrogens with zero attached hydrogens (tertiary/aromatic N) is 1. The van der Waals surface area contributed by atoms with E-state index in [2.05, 4.69) is 0 Å². The summed E-state index contributed by atoms with van der Waals surface area (Å²) >= 11 is 0. The molecule has 116 valence electrons. The Labute approximate surface area is 126 Å². The second-order valence-electron chi connectivity index (χ2n) is 5.43. The summed E-state index contributed by atoms with van der Waals surface area (Å²) in [7, 11) is 1.82. The molecule has 1 aliphatic heterocycles. The number of carbonyl (C=O) groups excluding carboxylic acids is 1. The lowest BCUT2D eigenvalue weighted by Crippen LogP contribution is -2.35. The summed E-state index contributed by atoms with van der Waals surface area (Å²) < 4.78 is 11.0. The van der Waals surface area contributed by atoms with Crippen molar-refractivity contribution in [1.29, 1.82) is 0 Å². The number of nitrogen functional groups attached to an aromatic ring is 1. The fraction of sp³-hybridized carbons (Fsp3) is 0.562. The number of hydrogen-bond acceptors (Lipinski definition) is 4. The molecule has 0 saturated carbocycles. The lowest BCUT2D eigenvalue weighted by molar-refractivity contribution is 0.0387. The monoisotopic (exact) mass is 292 g/mol. The predicted molar refractivity (Wildman–Crippen MR) is 82.5 cm³/mol. The Hall–Kier alpha value is -1.75. The summed E-state index contributed by atoms with van der Waals surface area (Å²) in [5, 5.41) is 0. The Morgan fingerprint density at radius 3 is 3.00 bits per heavy atom. The molecule has 1 unspecified atom stereocenters. The Kier molecular flexibility index (Phi) is 5.44. The molecular formula is C16H24N2O3. The number of ether oxygens (including phenoxy) is 2. The van der Waals surface area contributed by atoms with Crippen molar-refractivity contribution in [3.05, 3.63) is 23.8 Å². The minimum absolute atomic E-state index is 0.0590. The molecule has 0 spiro atoms. The maximum atomic E-state index is 12.6. The molecule has 0 aliphatic carbocycles. The summed E-state index contributed by atoms with van der Waals surface area (Å²) in [6.07, 6.45) is 2.17. The highest BCUT2D eigenvalue weighted by Crippen LogP contribution is 2.27. The largest absolute Gasteiger partial charge is 0.491 e. The van der Waals surface area contributed by atoms with Crippen LogP contribution >= 0.6 is 0 Å². The van der Waals surface area contributed by atoms with E-state index < -0.39 is 0 Å². The zero-order chi connectivity index (χ0) is 15.2. The summed E-state index contributed by atoms with van der Waals surface area (Å²) in [5.41, 5.74) is 6.94. The van der Waals surface area contributed by atoms with Crippen LogP contribution in [0.3, 0.4) is 0 Å². The average Bonchev–Trinajstić information content (AvgIpc) is 2.50. The van der Waals surface area contributed by atoms with Gasteiger partial charge < -0.3 is 20.1 Å². The first-order chi connectivity index (χ1) is 10.1. The molecule has 2 N–H and O–H groups in total. The summed E-state index contributed by atoms with van der Waals surface area (Å²) in [6, 6.07) is 5.29. The molecule has 1 aromatic carbocycles. The molecular weight excluding hydrogens is 268 g/mol. The highest BCUT2D eigenvalue weighted by Gasteiger charge is 2.22. The fourth-order valence-electron chi connectivity index (χ4n) is 2.66. The van der Waals surface area contributed by atoms with Crippen molar-refractivity contribution < 1.29 is 14.3 Å². The number of anilines is 1. The molecule has 1 aliphatic rings. The third-order valence-corrected chi connectivity index (χ3v) is 3.70. The number of para-hydroxylation sites is 1. The molecule has 5 heteroatoms. The third-order valence-electron chi connectivity index (χ3n) is 3.70. The van der Waals surface area contributed by atoms with Crippen LogP contribution in [0.1, 0.15) is 30.1 Å². The summed E-state index contributed by atoms with van der Waals surface area (Å²) in [6.45, 7) is 4.61. The molecule has 1 heterocycles. The minimum Gasteiger partial charge on any atom is -0.491 e. The molecule has 2 rings (SSSR count). The topological polar surface area (TPSA) is 64.8 Å². The van der Waals surface area contributed by atoms with Crippen molar-refractivity contribution in [3.63, 3.8) is 0 Å². The van der Waals surface area contributed by atoms with Crippen molar-refractivity contribution in [2.75, 3.05) is 39.1 Å². The van der Waals surface area contributed by atoms with Crippen LogP contribution < -0.4 is 10.5 Å². The first-order valence-corrected chi connectivity index (χ1v) is 7.48. The van der Waals surface area contributed by atoms with Crippen LogP contribution in [0.5, 0.6) is 5.75 Å². The lowest BCUT2D eigenvalue weighted by atomic mass is 10.0. The van der Waals surface area contributed by atoms with E-state index in [9.17, 15) is 4.79 Å². The molecule has 0 radical (unpaired) electrons. The van der Waals surface area contributed by atoms with Gasteiger partial charge in [0.25, 0.3) is 5.91 Å². The van der Waals surface area contributed by atoms with E-state index in [0.717, 1.165) is 26.1 Å². The van der Waals surface area contributed by atoms with Gasteiger partial charge in [0.2, 0.25) is 0 Å². The number of benzene rings is 1. The normalized spacial score (nSPS) is 18.3.